The normalized spacial score (nSPS) is 18.9. The second-order valence-electron chi connectivity index (χ2n) is 8.12. The van der Waals surface area contributed by atoms with Crippen molar-refractivity contribution in [1.82, 2.24) is 20.3 Å². The summed E-state index contributed by atoms with van der Waals surface area (Å²) in [6.45, 7) is 3.84. The molecule has 1 atom stereocenters. The number of thiazole rings is 1. The molecule has 0 radical (unpaired) electrons. The lowest BCUT2D eigenvalue weighted by atomic mass is 9.96. The first-order chi connectivity index (χ1) is 15.6. The van der Waals surface area contributed by atoms with Gasteiger partial charge in [0.25, 0.3) is 0 Å². The van der Waals surface area contributed by atoms with E-state index in [4.69, 9.17) is 0 Å². The Morgan fingerprint density at radius 2 is 2.03 bits per heavy atom. The maximum Gasteiger partial charge on any atom is 0.227 e. The van der Waals surface area contributed by atoms with E-state index in [0.29, 0.717) is 12.4 Å². The van der Waals surface area contributed by atoms with E-state index in [9.17, 15) is 5.11 Å². The average Bonchev–Trinajstić information content (AvgIpc) is 3.45. The van der Waals surface area contributed by atoms with Crippen molar-refractivity contribution in [2.45, 2.75) is 31.8 Å². The molecule has 6 nitrogen and oxygen atoms in total. The number of nitrogens with one attached hydrogen (secondary N) is 2. The van der Waals surface area contributed by atoms with Gasteiger partial charge in [0.1, 0.15) is 10.6 Å². The molecule has 5 rings (SSSR count). The molecule has 3 N–H and O–H groups in total. The molecule has 0 spiro atoms. The van der Waals surface area contributed by atoms with Gasteiger partial charge >= 0.3 is 0 Å². The van der Waals surface area contributed by atoms with Gasteiger partial charge in [-0.2, -0.15) is 0 Å². The summed E-state index contributed by atoms with van der Waals surface area (Å²) in [6.07, 6.45) is 6.04. The molecule has 1 aromatic carbocycles. The summed E-state index contributed by atoms with van der Waals surface area (Å²) in [6, 6.07) is 12.3. The number of rotatable bonds is 5. The van der Waals surface area contributed by atoms with Crippen LogP contribution in [0.1, 0.15) is 29.8 Å². The lowest BCUT2D eigenvalue weighted by Gasteiger charge is -2.23. The Morgan fingerprint density at radius 3 is 2.91 bits per heavy atom. The molecule has 1 fully saturated rings. The van der Waals surface area contributed by atoms with Gasteiger partial charge in [0.05, 0.1) is 15.4 Å². The third-order valence-corrected chi connectivity index (χ3v) is 7.74. The maximum absolute atomic E-state index is 11.2. The maximum atomic E-state index is 11.2. The Hall–Kier alpha value is -2.65. The molecule has 0 amide bonds. The minimum absolute atomic E-state index is 0.567. The van der Waals surface area contributed by atoms with Crippen molar-refractivity contribution >= 4 is 34.3 Å². The van der Waals surface area contributed by atoms with Gasteiger partial charge in [-0.05, 0) is 80.0 Å². The van der Waals surface area contributed by atoms with E-state index in [0.717, 1.165) is 63.2 Å². The molecule has 32 heavy (non-hydrogen) atoms. The highest BCUT2D eigenvalue weighted by Crippen LogP contribution is 2.38. The summed E-state index contributed by atoms with van der Waals surface area (Å²) in [5, 5.41) is 20.7. The van der Waals surface area contributed by atoms with Crippen molar-refractivity contribution in [1.29, 1.82) is 0 Å². The zero-order valence-electron chi connectivity index (χ0n) is 17.8. The highest BCUT2D eigenvalue weighted by Gasteiger charge is 2.33. The lowest BCUT2D eigenvalue weighted by Crippen LogP contribution is -2.26. The van der Waals surface area contributed by atoms with Crippen molar-refractivity contribution in [3.05, 3.63) is 64.7 Å². The van der Waals surface area contributed by atoms with Crippen molar-refractivity contribution in [2.75, 3.05) is 18.4 Å². The Morgan fingerprint density at radius 1 is 1.09 bits per heavy atom. The predicted molar refractivity (Wildman–Crippen MR) is 132 cm³/mol. The molecule has 1 saturated heterocycles. The molecule has 164 valence electrons. The molecule has 0 aliphatic carbocycles. The van der Waals surface area contributed by atoms with E-state index < -0.39 is 5.60 Å². The monoisotopic (exact) mass is 463 g/mol. The number of aliphatic hydroxyl groups is 1. The molecule has 4 aromatic rings. The molecule has 1 unspecified atom stereocenters. The molecule has 8 heteroatoms. The smallest absolute Gasteiger partial charge is 0.227 e. The number of anilines is 2. The van der Waals surface area contributed by atoms with Gasteiger partial charge in [0, 0.05) is 18.1 Å². The first kappa shape index (κ1) is 21.2. The van der Waals surface area contributed by atoms with Gasteiger partial charge in [0.15, 0.2) is 0 Å². The predicted octanol–water partition coefficient (Wildman–Crippen LogP) is 5.34. The van der Waals surface area contributed by atoms with E-state index in [2.05, 4.69) is 56.8 Å². The Labute approximate surface area is 195 Å². The van der Waals surface area contributed by atoms with E-state index in [1.54, 1.807) is 28.9 Å². The Bertz CT molecular complexity index is 1200. The van der Waals surface area contributed by atoms with Crippen LogP contribution in [0.15, 0.2) is 54.2 Å². The van der Waals surface area contributed by atoms with Gasteiger partial charge in [-0.3, -0.25) is 0 Å². The fourth-order valence-electron chi connectivity index (χ4n) is 3.99. The van der Waals surface area contributed by atoms with Crippen LogP contribution in [-0.2, 0) is 5.60 Å². The quantitative estimate of drug-likeness (QED) is 0.370. The SMILES string of the molecule is Cc1cc(Nc2nccc(-c3cccs3)n2)cc(-c2cnc(C3(O)CCCNCC3)s2)c1. The number of hydrogen-bond donors (Lipinski definition) is 3. The van der Waals surface area contributed by atoms with Crippen LogP contribution in [-0.4, -0.2) is 33.1 Å². The standard InChI is InChI=1S/C24H25N5OS2/c1-16-12-17(21-15-27-22(32-21)24(30)6-3-8-25-10-7-24)14-18(13-16)28-23-26-9-5-19(29-23)20-4-2-11-31-20/h2,4-5,9,11-15,25,30H,3,6-8,10H2,1H3,(H,26,28,29). The van der Waals surface area contributed by atoms with E-state index in [1.165, 1.54) is 0 Å². The largest absolute Gasteiger partial charge is 0.383 e. The topological polar surface area (TPSA) is 83.0 Å². The van der Waals surface area contributed by atoms with Crippen LogP contribution in [0.2, 0.25) is 0 Å². The summed E-state index contributed by atoms with van der Waals surface area (Å²) >= 11 is 3.24. The first-order valence-electron chi connectivity index (χ1n) is 10.7. The highest BCUT2D eigenvalue weighted by atomic mass is 32.1. The van der Waals surface area contributed by atoms with Gasteiger partial charge in [-0.15, -0.1) is 22.7 Å². The number of benzene rings is 1. The summed E-state index contributed by atoms with van der Waals surface area (Å²) in [5.41, 5.74) is 3.19. The van der Waals surface area contributed by atoms with Crippen molar-refractivity contribution in [3.8, 4) is 21.0 Å². The third-order valence-electron chi connectivity index (χ3n) is 5.61. The Balaban J connectivity index is 1.40. The molecule has 1 aliphatic rings. The average molecular weight is 464 g/mol. The summed E-state index contributed by atoms with van der Waals surface area (Å²) < 4.78 is 0. The zero-order valence-corrected chi connectivity index (χ0v) is 19.5. The van der Waals surface area contributed by atoms with Gasteiger partial charge in [-0.1, -0.05) is 12.1 Å². The fraction of sp³-hybridized carbons (Fsp3) is 0.292. The van der Waals surface area contributed by atoms with Crippen LogP contribution in [0.3, 0.4) is 0 Å². The van der Waals surface area contributed by atoms with Crippen LogP contribution in [0.5, 0.6) is 0 Å². The summed E-state index contributed by atoms with van der Waals surface area (Å²) in [7, 11) is 0. The number of thiophene rings is 1. The number of hydrogen-bond acceptors (Lipinski definition) is 8. The van der Waals surface area contributed by atoms with Crippen LogP contribution in [0, 0.1) is 6.92 Å². The van der Waals surface area contributed by atoms with Crippen LogP contribution in [0.25, 0.3) is 21.0 Å². The van der Waals surface area contributed by atoms with Crippen molar-refractivity contribution in [3.63, 3.8) is 0 Å². The molecule has 4 heterocycles. The van der Waals surface area contributed by atoms with Crippen LogP contribution < -0.4 is 10.6 Å². The second-order valence-corrected chi connectivity index (χ2v) is 10.1. The summed E-state index contributed by atoms with van der Waals surface area (Å²) in [5.74, 6) is 0.567. The van der Waals surface area contributed by atoms with Gasteiger partial charge in [0.2, 0.25) is 5.95 Å². The van der Waals surface area contributed by atoms with E-state index >= 15 is 0 Å². The second kappa shape index (κ2) is 9.07. The van der Waals surface area contributed by atoms with Crippen LogP contribution >= 0.6 is 22.7 Å². The third kappa shape index (κ3) is 4.59. The van der Waals surface area contributed by atoms with Crippen LogP contribution in [0.4, 0.5) is 11.6 Å². The first-order valence-corrected chi connectivity index (χ1v) is 12.4. The molecule has 0 bridgehead atoms. The van der Waals surface area contributed by atoms with Gasteiger partial charge in [-0.25, -0.2) is 15.0 Å². The number of nitrogens with zero attached hydrogens (tertiary/aromatic N) is 3. The minimum Gasteiger partial charge on any atom is -0.383 e. The Kier molecular flexibility index (Phi) is 6.01. The van der Waals surface area contributed by atoms with Crippen molar-refractivity contribution in [2.24, 2.45) is 0 Å². The van der Waals surface area contributed by atoms with Gasteiger partial charge < -0.3 is 15.7 Å². The molecular weight excluding hydrogens is 438 g/mol. The van der Waals surface area contributed by atoms with E-state index in [1.807, 2.05) is 23.7 Å². The summed E-state index contributed by atoms with van der Waals surface area (Å²) in [4.78, 5) is 15.8. The molecule has 3 aromatic heterocycles. The lowest BCUT2D eigenvalue weighted by molar-refractivity contribution is 0.0238. The minimum atomic E-state index is -0.840. The molecule has 1 aliphatic heterocycles. The fourth-order valence-corrected chi connectivity index (χ4v) is 5.74. The number of aromatic nitrogens is 3. The van der Waals surface area contributed by atoms with E-state index in [-0.39, 0.29) is 0 Å². The molecule has 0 saturated carbocycles. The number of aryl methyl sites for hydroxylation is 1. The highest BCUT2D eigenvalue weighted by molar-refractivity contribution is 7.15. The van der Waals surface area contributed by atoms with Crippen molar-refractivity contribution < 1.29 is 5.11 Å². The zero-order chi connectivity index (χ0) is 22.0. The molecular formula is C24H25N5OS2.